The molecule has 2 aromatic rings. The summed E-state index contributed by atoms with van der Waals surface area (Å²) in [7, 11) is 0. The zero-order valence-corrected chi connectivity index (χ0v) is 13.6. The number of imide groups is 1. The zero-order chi connectivity index (χ0) is 17.0. The molecule has 0 spiro atoms. The van der Waals surface area contributed by atoms with Crippen LogP contribution < -0.4 is 5.32 Å². The Kier molecular flexibility index (Phi) is 3.04. The largest absolute Gasteiger partial charge is 0.296 e. The molecule has 2 aliphatic carbocycles. The molecule has 3 aliphatic rings. The molecule has 5 rings (SSSR count). The van der Waals surface area contributed by atoms with Gasteiger partial charge in [0.2, 0.25) is 11.8 Å². The van der Waals surface area contributed by atoms with E-state index in [0.717, 1.165) is 16.7 Å². The summed E-state index contributed by atoms with van der Waals surface area (Å²) in [6.45, 7) is 0. The molecule has 1 saturated heterocycles. The van der Waals surface area contributed by atoms with Crippen LogP contribution in [0.2, 0.25) is 0 Å². The first-order valence-corrected chi connectivity index (χ1v) is 8.63. The van der Waals surface area contributed by atoms with Crippen molar-refractivity contribution in [2.45, 2.75) is 0 Å². The van der Waals surface area contributed by atoms with Crippen molar-refractivity contribution in [3.05, 3.63) is 89.5 Å². The highest BCUT2D eigenvalue weighted by molar-refractivity contribution is 6.08. The van der Waals surface area contributed by atoms with E-state index in [0.29, 0.717) is 0 Å². The molecule has 4 atom stereocenters. The van der Waals surface area contributed by atoms with Crippen molar-refractivity contribution in [3.8, 4) is 0 Å². The Morgan fingerprint density at radius 3 is 1.56 bits per heavy atom. The summed E-state index contributed by atoms with van der Waals surface area (Å²) in [6.07, 6.45) is 4.23. The van der Waals surface area contributed by atoms with Gasteiger partial charge in [0.1, 0.15) is 0 Å². The number of hydrogen-bond donors (Lipinski definition) is 1. The monoisotopic (exact) mass is 327 g/mol. The number of rotatable bonds is 2. The number of amides is 2. The lowest BCUT2D eigenvalue weighted by molar-refractivity contribution is -0.126. The third-order valence-electron chi connectivity index (χ3n) is 5.67. The Labute approximate surface area is 146 Å². The van der Waals surface area contributed by atoms with Gasteiger partial charge in [-0.3, -0.25) is 14.9 Å². The maximum absolute atomic E-state index is 12.3. The van der Waals surface area contributed by atoms with Crippen molar-refractivity contribution in [1.29, 1.82) is 0 Å². The maximum atomic E-state index is 12.3. The van der Waals surface area contributed by atoms with Crippen LogP contribution in [0, 0.1) is 23.7 Å². The van der Waals surface area contributed by atoms with E-state index in [-0.39, 0.29) is 35.5 Å². The molecule has 1 saturated carbocycles. The number of allylic oxidation sites excluding steroid dienone is 3. The van der Waals surface area contributed by atoms with E-state index >= 15 is 0 Å². The van der Waals surface area contributed by atoms with Crippen molar-refractivity contribution in [2.75, 3.05) is 0 Å². The van der Waals surface area contributed by atoms with Crippen LogP contribution in [-0.2, 0) is 9.59 Å². The number of carbonyl (C=O) groups is 2. The molecule has 2 amide bonds. The Balaban J connectivity index is 1.75. The van der Waals surface area contributed by atoms with Gasteiger partial charge in [0.05, 0.1) is 11.8 Å². The van der Waals surface area contributed by atoms with E-state index in [1.807, 2.05) is 36.4 Å². The third kappa shape index (κ3) is 1.99. The number of hydrogen-bond acceptors (Lipinski definition) is 2. The molecule has 1 N–H and O–H groups in total. The average molecular weight is 327 g/mol. The van der Waals surface area contributed by atoms with Crippen LogP contribution in [0.1, 0.15) is 11.1 Å². The number of fused-ring (bicyclic) bond motifs is 5. The van der Waals surface area contributed by atoms with Gasteiger partial charge < -0.3 is 0 Å². The summed E-state index contributed by atoms with van der Waals surface area (Å²) in [5.41, 5.74) is 4.65. The van der Waals surface area contributed by atoms with Gasteiger partial charge in [-0.15, -0.1) is 0 Å². The summed E-state index contributed by atoms with van der Waals surface area (Å²) in [4.78, 5) is 24.6. The van der Waals surface area contributed by atoms with Crippen LogP contribution in [0.5, 0.6) is 0 Å². The van der Waals surface area contributed by atoms with E-state index in [4.69, 9.17) is 0 Å². The fourth-order valence-electron chi connectivity index (χ4n) is 4.73. The van der Waals surface area contributed by atoms with Crippen molar-refractivity contribution in [2.24, 2.45) is 23.7 Å². The van der Waals surface area contributed by atoms with Crippen molar-refractivity contribution >= 4 is 17.4 Å². The lowest BCUT2D eigenvalue weighted by Crippen LogP contribution is -2.26. The molecule has 2 bridgehead atoms. The fourth-order valence-corrected chi connectivity index (χ4v) is 4.73. The van der Waals surface area contributed by atoms with E-state index in [2.05, 4.69) is 41.7 Å². The normalized spacial score (nSPS) is 29.0. The molecule has 2 fully saturated rings. The fraction of sp³-hybridized carbons (Fsp3) is 0.182. The molecule has 2 aromatic carbocycles. The van der Waals surface area contributed by atoms with Crippen LogP contribution in [-0.4, -0.2) is 11.8 Å². The van der Waals surface area contributed by atoms with E-state index in [1.165, 1.54) is 5.57 Å². The molecule has 3 nitrogen and oxygen atoms in total. The highest BCUT2D eigenvalue weighted by Gasteiger charge is 2.59. The molecule has 0 aromatic heterocycles. The number of benzene rings is 2. The molecule has 0 unspecified atom stereocenters. The van der Waals surface area contributed by atoms with E-state index < -0.39 is 0 Å². The van der Waals surface area contributed by atoms with Gasteiger partial charge in [-0.05, 0) is 22.3 Å². The first-order chi connectivity index (χ1) is 12.3. The predicted molar refractivity (Wildman–Crippen MR) is 95.2 cm³/mol. The van der Waals surface area contributed by atoms with Gasteiger partial charge >= 0.3 is 0 Å². The second-order valence-corrected chi connectivity index (χ2v) is 6.90. The minimum Gasteiger partial charge on any atom is -0.296 e. The quantitative estimate of drug-likeness (QED) is 0.680. The molecule has 0 radical (unpaired) electrons. The second kappa shape index (κ2) is 5.28. The van der Waals surface area contributed by atoms with Crippen molar-refractivity contribution in [1.82, 2.24) is 5.32 Å². The highest BCUT2D eigenvalue weighted by atomic mass is 16.2. The summed E-state index contributed by atoms with van der Waals surface area (Å²) >= 11 is 0. The molecular weight excluding hydrogens is 310 g/mol. The first-order valence-electron chi connectivity index (χ1n) is 8.63. The van der Waals surface area contributed by atoms with Gasteiger partial charge in [0, 0.05) is 11.8 Å². The van der Waals surface area contributed by atoms with Crippen LogP contribution in [0.25, 0.3) is 5.57 Å². The standard InChI is InChI=1S/C22H17NO2/c24-21-19-15-11-12-16(20(19)22(25)23-21)18(15)17(13-7-3-1-4-8-13)14-9-5-2-6-10-14/h1-12,15-16,19-20H,(H,23,24,25)/t15-,16+,19-,20-/m0/s1. The smallest absolute Gasteiger partial charge is 0.231 e. The number of carbonyl (C=O) groups excluding carboxylic acids is 2. The van der Waals surface area contributed by atoms with Crippen molar-refractivity contribution in [3.63, 3.8) is 0 Å². The Morgan fingerprint density at radius 2 is 1.12 bits per heavy atom. The molecule has 3 heteroatoms. The molecular formula is C22H17NO2. The predicted octanol–water partition coefficient (Wildman–Crippen LogP) is 3.19. The lowest BCUT2D eigenvalue weighted by Gasteiger charge is -2.18. The minimum atomic E-state index is -0.250. The van der Waals surface area contributed by atoms with Gasteiger partial charge in [-0.25, -0.2) is 0 Å². The Morgan fingerprint density at radius 1 is 0.680 bits per heavy atom. The maximum Gasteiger partial charge on any atom is 0.231 e. The van der Waals surface area contributed by atoms with Gasteiger partial charge in [-0.2, -0.15) is 0 Å². The third-order valence-corrected chi connectivity index (χ3v) is 5.67. The molecule has 122 valence electrons. The van der Waals surface area contributed by atoms with Crippen LogP contribution in [0.3, 0.4) is 0 Å². The Bertz CT molecular complexity index is 854. The van der Waals surface area contributed by atoms with Crippen LogP contribution >= 0.6 is 0 Å². The SMILES string of the molecule is O=C1NC(=O)[C@@H]2[C@@H]1[C@@H]1C=C[C@H]2C1=C(c1ccccc1)c1ccccc1. The molecule has 1 heterocycles. The minimum absolute atomic E-state index is 0.0110. The lowest BCUT2D eigenvalue weighted by atomic mass is 9.85. The van der Waals surface area contributed by atoms with E-state index in [9.17, 15) is 9.59 Å². The topological polar surface area (TPSA) is 46.2 Å². The molecule has 25 heavy (non-hydrogen) atoms. The summed E-state index contributed by atoms with van der Waals surface area (Å²) < 4.78 is 0. The van der Waals surface area contributed by atoms with Gasteiger partial charge in [0.25, 0.3) is 0 Å². The summed E-state index contributed by atoms with van der Waals surface area (Å²) in [5, 5.41) is 2.52. The average Bonchev–Trinajstić information content (AvgIpc) is 3.29. The van der Waals surface area contributed by atoms with Crippen LogP contribution in [0.15, 0.2) is 78.4 Å². The first kappa shape index (κ1) is 14.4. The van der Waals surface area contributed by atoms with E-state index in [1.54, 1.807) is 0 Å². The number of nitrogens with one attached hydrogen (secondary N) is 1. The highest BCUT2D eigenvalue weighted by Crippen LogP contribution is 2.56. The molecule has 1 aliphatic heterocycles. The van der Waals surface area contributed by atoms with Gasteiger partial charge in [0.15, 0.2) is 0 Å². The van der Waals surface area contributed by atoms with Crippen molar-refractivity contribution < 1.29 is 9.59 Å². The summed E-state index contributed by atoms with van der Waals surface area (Å²) in [5.74, 6) is -0.719. The zero-order valence-electron chi connectivity index (χ0n) is 13.6. The second-order valence-electron chi connectivity index (χ2n) is 6.90. The Hall–Kier alpha value is -2.94. The van der Waals surface area contributed by atoms with Gasteiger partial charge in [-0.1, -0.05) is 72.8 Å². The van der Waals surface area contributed by atoms with Crippen LogP contribution in [0.4, 0.5) is 0 Å². The summed E-state index contributed by atoms with van der Waals surface area (Å²) in [6, 6.07) is 20.5.